The third-order valence-electron chi connectivity index (χ3n) is 4.16. The van der Waals surface area contributed by atoms with Gasteiger partial charge in [-0.25, -0.2) is 18.1 Å². The van der Waals surface area contributed by atoms with Crippen molar-refractivity contribution in [1.82, 2.24) is 19.1 Å². The number of benzene rings is 2. The van der Waals surface area contributed by atoms with E-state index in [0.29, 0.717) is 0 Å². The molecule has 0 aliphatic heterocycles. The van der Waals surface area contributed by atoms with Crippen LogP contribution in [0.5, 0.6) is 0 Å². The van der Waals surface area contributed by atoms with E-state index in [2.05, 4.69) is 10.1 Å². The number of sulfonamides is 1. The summed E-state index contributed by atoms with van der Waals surface area (Å²) in [7, 11) is -2.35. The SMILES string of the molecule is C[C@@H](c1ccc(-n2cncn2)cc1)N(C)S(=O)(=O)c1c(Cl)cccc1Cl. The predicted molar refractivity (Wildman–Crippen MR) is 101 cm³/mol. The maximum Gasteiger partial charge on any atom is 0.246 e. The number of rotatable bonds is 5. The molecule has 1 heterocycles. The van der Waals surface area contributed by atoms with Crippen molar-refractivity contribution in [2.45, 2.75) is 17.9 Å². The lowest BCUT2D eigenvalue weighted by atomic mass is 10.1. The van der Waals surface area contributed by atoms with Gasteiger partial charge in [0.15, 0.2) is 0 Å². The molecule has 136 valence electrons. The Morgan fingerprint density at radius 3 is 2.23 bits per heavy atom. The van der Waals surface area contributed by atoms with Crippen molar-refractivity contribution in [3.8, 4) is 5.69 Å². The summed E-state index contributed by atoms with van der Waals surface area (Å²) in [4.78, 5) is 3.82. The average Bonchev–Trinajstić information content (AvgIpc) is 3.15. The first-order valence-electron chi connectivity index (χ1n) is 7.69. The molecule has 0 spiro atoms. The Morgan fingerprint density at radius 2 is 1.69 bits per heavy atom. The molecular weight excluding hydrogens is 395 g/mol. The third-order valence-corrected chi connectivity index (χ3v) is 7.04. The minimum absolute atomic E-state index is 0.0862. The van der Waals surface area contributed by atoms with Crippen molar-refractivity contribution in [2.75, 3.05) is 7.05 Å². The Morgan fingerprint density at radius 1 is 1.08 bits per heavy atom. The van der Waals surface area contributed by atoms with Crippen molar-refractivity contribution < 1.29 is 8.42 Å². The monoisotopic (exact) mass is 410 g/mol. The standard InChI is InChI=1S/C17H16Cl2N4O2S/c1-12(13-6-8-14(9-7-13)23-11-20-10-21-23)22(2)26(24,25)17-15(18)4-3-5-16(17)19/h3-12H,1-2H3/t12-/m0/s1. The van der Waals surface area contributed by atoms with Gasteiger partial charge in [0.1, 0.15) is 17.6 Å². The number of halogens is 2. The highest BCUT2D eigenvalue weighted by Gasteiger charge is 2.30. The highest BCUT2D eigenvalue weighted by atomic mass is 35.5. The molecule has 0 amide bonds. The van der Waals surface area contributed by atoms with Crippen molar-refractivity contribution in [3.05, 3.63) is 70.7 Å². The normalized spacial score (nSPS) is 13.1. The van der Waals surface area contributed by atoms with Crippen LogP contribution in [0.2, 0.25) is 10.0 Å². The molecule has 3 aromatic rings. The van der Waals surface area contributed by atoms with E-state index in [1.54, 1.807) is 24.0 Å². The Labute approximate surface area is 162 Å². The molecule has 1 atom stereocenters. The molecule has 9 heteroatoms. The Balaban J connectivity index is 1.90. The van der Waals surface area contributed by atoms with E-state index >= 15 is 0 Å². The van der Waals surface area contributed by atoms with Crippen LogP contribution in [0.15, 0.2) is 60.0 Å². The first kappa shape index (κ1) is 18.8. The summed E-state index contributed by atoms with van der Waals surface area (Å²) in [6, 6.07) is 11.6. The second kappa shape index (κ2) is 7.36. The van der Waals surface area contributed by atoms with Crippen LogP contribution in [0.4, 0.5) is 0 Å². The molecule has 0 radical (unpaired) electrons. The van der Waals surface area contributed by atoms with Crippen molar-refractivity contribution in [1.29, 1.82) is 0 Å². The van der Waals surface area contributed by atoms with Crippen LogP contribution in [0.25, 0.3) is 5.69 Å². The number of nitrogens with zero attached hydrogens (tertiary/aromatic N) is 4. The molecule has 0 bridgehead atoms. The summed E-state index contributed by atoms with van der Waals surface area (Å²) in [5, 5.41) is 4.26. The zero-order valence-corrected chi connectivity index (χ0v) is 16.4. The maximum absolute atomic E-state index is 13.0. The zero-order chi connectivity index (χ0) is 18.9. The summed E-state index contributed by atoms with van der Waals surface area (Å²) >= 11 is 12.2. The van der Waals surface area contributed by atoms with E-state index in [9.17, 15) is 8.42 Å². The summed E-state index contributed by atoms with van der Waals surface area (Å²) < 4.78 is 28.8. The molecular formula is C17H16Cl2N4O2S. The third kappa shape index (κ3) is 3.48. The fraction of sp³-hybridized carbons (Fsp3) is 0.176. The number of hydrogen-bond donors (Lipinski definition) is 0. The van der Waals surface area contributed by atoms with Gasteiger partial charge in [0.2, 0.25) is 10.0 Å². The average molecular weight is 411 g/mol. The van der Waals surface area contributed by atoms with Gasteiger partial charge in [-0.3, -0.25) is 0 Å². The first-order chi connectivity index (χ1) is 12.3. The summed E-state index contributed by atoms with van der Waals surface area (Å²) in [6.45, 7) is 1.80. The minimum atomic E-state index is -3.86. The van der Waals surface area contributed by atoms with Crippen molar-refractivity contribution >= 4 is 33.2 Å². The van der Waals surface area contributed by atoms with Gasteiger partial charge in [0, 0.05) is 13.1 Å². The summed E-state index contributed by atoms with van der Waals surface area (Å²) in [5.41, 5.74) is 1.65. The molecule has 0 saturated heterocycles. The van der Waals surface area contributed by atoms with Gasteiger partial charge >= 0.3 is 0 Å². The van der Waals surface area contributed by atoms with Gasteiger partial charge < -0.3 is 0 Å². The Kier molecular flexibility index (Phi) is 5.34. The van der Waals surface area contributed by atoms with Gasteiger partial charge in [-0.05, 0) is 36.8 Å². The molecule has 2 aromatic carbocycles. The predicted octanol–water partition coefficient (Wildman–Crippen LogP) is 3.96. The van der Waals surface area contributed by atoms with Crippen LogP contribution in [0, 0.1) is 0 Å². The fourth-order valence-electron chi connectivity index (χ4n) is 2.54. The highest BCUT2D eigenvalue weighted by molar-refractivity contribution is 7.89. The van der Waals surface area contributed by atoms with Gasteiger partial charge in [-0.1, -0.05) is 41.4 Å². The molecule has 0 saturated carbocycles. The van der Waals surface area contributed by atoms with Gasteiger partial charge in [0.05, 0.1) is 15.7 Å². The fourth-order valence-corrected chi connectivity index (χ4v) is 4.98. The second-order valence-electron chi connectivity index (χ2n) is 5.68. The quantitative estimate of drug-likeness (QED) is 0.638. The zero-order valence-electron chi connectivity index (χ0n) is 14.0. The summed E-state index contributed by atoms with van der Waals surface area (Å²) in [5.74, 6) is 0. The lowest BCUT2D eigenvalue weighted by Crippen LogP contribution is -2.30. The van der Waals surface area contributed by atoms with Crippen LogP contribution < -0.4 is 0 Å². The van der Waals surface area contributed by atoms with Crippen molar-refractivity contribution in [2.24, 2.45) is 0 Å². The van der Waals surface area contributed by atoms with Gasteiger partial charge in [-0.2, -0.15) is 9.40 Å². The number of aromatic nitrogens is 3. The van der Waals surface area contributed by atoms with E-state index < -0.39 is 16.1 Å². The van der Waals surface area contributed by atoms with E-state index in [-0.39, 0.29) is 14.9 Å². The van der Waals surface area contributed by atoms with E-state index in [0.717, 1.165) is 11.3 Å². The smallest absolute Gasteiger partial charge is 0.223 e. The van der Waals surface area contributed by atoms with Gasteiger partial charge in [-0.15, -0.1) is 0 Å². The van der Waals surface area contributed by atoms with Crippen LogP contribution in [-0.2, 0) is 10.0 Å². The highest BCUT2D eigenvalue weighted by Crippen LogP contribution is 2.34. The lowest BCUT2D eigenvalue weighted by Gasteiger charge is -2.25. The largest absolute Gasteiger partial charge is 0.246 e. The van der Waals surface area contributed by atoms with Crippen LogP contribution in [0.1, 0.15) is 18.5 Å². The van der Waals surface area contributed by atoms with E-state index in [4.69, 9.17) is 23.2 Å². The number of hydrogen-bond acceptors (Lipinski definition) is 4. The van der Waals surface area contributed by atoms with Crippen LogP contribution in [-0.4, -0.2) is 34.5 Å². The van der Waals surface area contributed by atoms with Crippen molar-refractivity contribution in [3.63, 3.8) is 0 Å². The molecule has 0 fully saturated rings. The van der Waals surface area contributed by atoms with Crippen LogP contribution in [0.3, 0.4) is 0 Å². The Bertz CT molecular complexity index is 986. The molecule has 0 aliphatic rings. The second-order valence-corrected chi connectivity index (χ2v) is 8.43. The molecule has 0 aliphatic carbocycles. The molecule has 3 rings (SSSR count). The molecule has 6 nitrogen and oxygen atoms in total. The lowest BCUT2D eigenvalue weighted by molar-refractivity contribution is 0.398. The van der Waals surface area contributed by atoms with Crippen LogP contribution >= 0.6 is 23.2 Å². The maximum atomic E-state index is 13.0. The molecule has 0 unspecified atom stereocenters. The minimum Gasteiger partial charge on any atom is -0.223 e. The molecule has 0 N–H and O–H groups in total. The van der Waals surface area contributed by atoms with E-state index in [1.165, 1.54) is 29.8 Å². The topological polar surface area (TPSA) is 68.1 Å². The summed E-state index contributed by atoms with van der Waals surface area (Å²) in [6.07, 6.45) is 3.04. The molecule has 1 aromatic heterocycles. The Hall–Kier alpha value is -1.93. The van der Waals surface area contributed by atoms with E-state index in [1.807, 2.05) is 24.3 Å². The molecule has 26 heavy (non-hydrogen) atoms. The van der Waals surface area contributed by atoms with Gasteiger partial charge in [0.25, 0.3) is 0 Å². The first-order valence-corrected chi connectivity index (χ1v) is 9.89.